The Kier molecular flexibility index (Phi) is 12.7. The molecule has 2 heteroatoms. The maximum Gasteiger partial charge on any atom is 0.173 e. The van der Waals surface area contributed by atoms with E-state index in [9.17, 15) is 9.59 Å². The van der Waals surface area contributed by atoms with Crippen molar-refractivity contribution in [3.8, 4) is 0 Å². The van der Waals surface area contributed by atoms with Crippen molar-refractivity contribution in [2.24, 2.45) is 5.92 Å². The third-order valence-corrected chi connectivity index (χ3v) is 6.72. The number of benzene rings is 1. The SMILES string of the molecule is CCCCCCCCCCCCCCCCCC(=O)C1CCc2ccccc2C1=O. The number of aryl methyl sites for hydroxylation is 1. The van der Waals surface area contributed by atoms with E-state index in [1.54, 1.807) is 0 Å². The molecular formula is C28H44O2. The molecule has 0 heterocycles. The van der Waals surface area contributed by atoms with Crippen molar-refractivity contribution in [2.45, 2.75) is 122 Å². The monoisotopic (exact) mass is 412 g/mol. The Balaban J connectivity index is 1.41. The molecule has 0 spiro atoms. The van der Waals surface area contributed by atoms with Gasteiger partial charge in [0, 0.05) is 12.0 Å². The number of ketones is 2. The van der Waals surface area contributed by atoms with Gasteiger partial charge < -0.3 is 0 Å². The Morgan fingerprint density at radius 1 is 0.767 bits per heavy atom. The Bertz CT molecular complexity index is 619. The molecule has 1 aromatic rings. The zero-order chi connectivity index (χ0) is 21.4. The molecule has 2 nitrogen and oxygen atoms in total. The van der Waals surface area contributed by atoms with Gasteiger partial charge >= 0.3 is 0 Å². The maximum absolute atomic E-state index is 12.6. The molecule has 1 unspecified atom stereocenters. The van der Waals surface area contributed by atoms with Gasteiger partial charge in [-0.3, -0.25) is 9.59 Å². The molecule has 0 aliphatic heterocycles. The van der Waals surface area contributed by atoms with Crippen LogP contribution in [0.25, 0.3) is 0 Å². The summed E-state index contributed by atoms with van der Waals surface area (Å²) in [4.78, 5) is 25.1. The second-order valence-electron chi connectivity index (χ2n) is 9.28. The predicted octanol–water partition coefficient (Wildman–Crippen LogP) is 8.26. The van der Waals surface area contributed by atoms with Gasteiger partial charge in [0.1, 0.15) is 5.78 Å². The van der Waals surface area contributed by atoms with Crippen LogP contribution in [0.3, 0.4) is 0 Å². The highest BCUT2D eigenvalue weighted by molar-refractivity contribution is 6.12. The summed E-state index contributed by atoms with van der Waals surface area (Å²) in [6.45, 7) is 2.28. The number of carbonyl (C=O) groups is 2. The molecule has 0 N–H and O–H groups in total. The number of Topliss-reactive ketones (excluding diaryl/α,β-unsaturated/α-hetero) is 2. The third-order valence-electron chi connectivity index (χ3n) is 6.72. The van der Waals surface area contributed by atoms with Gasteiger partial charge in [-0.2, -0.15) is 0 Å². The Morgan fingerprint density at radius 2 is 1.27 bits per heavy atom. The summed E-state index contributed by atoms with van der Waals surface area (Å²) < 4.78 is 0. The molecule has 0 radical (unpaired) electrons. The van der Waals surface area contributed by atoms with Gasteiger partial charge in [-0.15, -0.1) is 0 Å². The van der Waals surface area contributed by atoms with E-state index in [1.807, 2.05) is 24.3 Å². The summed E-state index contributed by atoms with van der Waals surface area (Å²) in [5.74, 6) is -0.154. The first-order valence-electron chi connectivity index (χ1n) is 12.9. The summed E-state index contributed by atoms with van der Waals surface area (Å²) in [5.41, 5.74) is 1.89. The smallest absolute Gasteiger partial charge is 0.173 e. The van der Waals surface area contributed by atoms with E-state index in [0.717, 1.165) is 30.4 Å². The van der Waals surface area contributed by atoms with Crippen LogP contribution in [0.4, 0.5) is 0 Å². The van der Waals surface area contributed by atoms with Crippen LogP contribution < -0.4 is 0 Å². The average molecular weight is 413 g/mol. The highest BCUT2D eigenvalue weighted by Crippen LogP contribution is 2.27. The van der Waals surface area contributed by atoms with Gasteiger partial charge in [0.25, 0.3) is 0 Å². The Hall–Kier alpha value is -1.44. The largest absolute Gasteiger partial charge is 0.299 e. The van der Waals surface area contributed by atoms with Crippen molar-refractivity contribution in [3.63, 3.8) is 0 Å². The summed E-state index contributed by atoms with van der Waals surface area (Å²) in [6, 6.07) is 7.77. The van der Waals surface area contributed by atoms with Gasteiger partial charge in [-0.25, -0.2) is 0 Å². The number of hydrogen-bond acceptors (Lipinski definition) is 2. The van der Waals surface area contributed by atoms with Gasteiger partial charge in [-0.1, -0.05) is 121 Å². The standard InChI is InChI=1S/C28H44O2/c1-2-3-4-5-6-7-8-9-10-11-12-13-14-15-16-21-27(29)26-23-22-24-19-17-18-20-25(24)28(26)30/h17-20,26H,2-16,21-23H2,1H3. The molecule has 1 aromatic carbocycles. The number of rotatable bonds is 17. The zero-order valence-electron chi connectivity index (χ0n) is 19.4. The van der Waals surface area contributed by atoms with Crippen molar-refractivity contribution in [2.75, 3.05) is 0 Å². The van der Waals surface area contributed by atoms with Gasteiger partial charge in [0.15, 0.2) is 5.78 Å². The van der Waals surface area contributed by atoms with Crippen LogP contribution in [0.2, 0.25) is 0 Å². The molecule has 1 aliphatic carbocycles. The molecule has 30 heavy (non-hydrogen) atoms. The van der Waals surface area contributed by atoms with E-state index in [0.29, 0.717) is 12.8 Å². The lowest BCUT2D eigenvalue weighted by Gasteiger charge is -2.22. The molecule has 0 aromatic heterocycles. The summed E-state index contributed by atoms with van der Waals surface area (Å²) in [7, 11) is 0. The molecule has 0 fully saturated rings. The van der Waals surface area contributed by atoms with Crippen LogP contribution in [0.15, 0.2) is 24.3 Å². The summed E-state index contributed by atoms with van der Waals surface area (Å²) >= 11 is 0. The maximum atomic E-state index is 12.6. The van der Waals surface area contributed by atoms with Crippen molar-refractivity contribution in [1.29, 1.82) is 0 Å². The summed E-state index contributed by atoms with van der Waals surface area (Å²) in [6.07, 6.45) is 22.1. The van der Waals surface area contributed by atoms with E-state index in [2.05, 4.69) is 6.92 Å². The highest BCUT2D eigenvalue weighted by Gasteiger charge is 2.31. The molecule has 2 rings (SSSR count). The number of unbranched alkanes of at least 4 members (excludes halogenated alkanes) is 14. The average Bonchev–Trinajstić information content (AvgIpc) is 2.76. The summed E-state index contributed by atoms with van der Waals surface area (Å²) in [5, 5.41) is 0. The minimum absolute atomic E-state index is 0.0582. The lowest BCUT2D eigenvalue weighted by atomic mass is 9.79. The van der Waals surface area contributed by atoms with Crippen LogP contribution in [0.5, 0.6) is 0 Å². The third kappa shape index (κ3) is 9.14. The van der Waals surface area contributed by atoms with Crippen molar-refractivity contribution in [1.82, 2.24) is 0 Å². The molecule has 0 saturated carbocycles. The molecule has 0 saturated heterocycles. The molecule has 168 valence electrons. The van der Waals surface area contributed by atoms with E-state index in [-0.39, 0.29) is 17.5 Å². The molecular weight excluding hydrogens is 368 g/mol. The highest BCUT2D eigenvalue weighted by atomic mass is 16.1. The minimum Gasteiger partial charge on any atom is -0.299 e. The van der Waals surface area contributed by atoms with E-state index in [1.165, 1.54) is 83.5 Å². The lowest BCUT2D eigenvalue weighted by Crippen LogP contribution is -2.29. The second kappa shape index (κ2) is 15.4. The van der Waals surface area contributed by atoms with Crippen molar-refractivity contribution < 1.29 is 9.59 Å². The van der Waals surface area contributed by atoms with Crippen LogP contribution in [-0.4, -0.2) is 11.6 Å². The van der Waals surface area contributed by atoms with Gasteiger partial charge in [0.2, 0.25) is 0 Å². The van der Waals surface area contributed by atoms with Crippen LogP contribution in [-0.2, 0) is 11.2 Å². The van der Waals surface area contributed by atoms with E-state index in [4.69, 9.17) is 0 Å². The number of carbonyl (C=O) groups excluding carboxylic acids is 2. The normalized spacial score (nSPS) is 15.9. The van der Waals surface area contributed by atoms with Gasteiger partial charge in [-0.05, 0) is 24.8 Å². The first-order valence-corrected chi connectivity index (χ1v) is 12.9. The predicted molar refractivity (Wildman–Crippen MR) is 127 cm³/mol. The van der Waals surface area contributed by atoms with Crippen LogP contribution >= 0.6 is 0 Å². The quantitative estimate of drug-likeness (QED) is 0.190. The number of hydrogen-bond donors (Lipinski definition) is 0. The fraction of sp³-hybridized carbons (Fsp3) is 0.714. The first-order chi connectivity index (χ1) is 14.7. The number of fused-ring (bicyclic) bond motifs is 1. The van der Waals surface area contributed by atoms with Crippen molar-refractivity contribution in [3.05, 3.63) is 35.4 Å². The second-order valence-corrected chi connectivity index (χ2v) is 9.28. The van der Waals surface area contributed by atoms with Crippen LogP contribution in [0, 0.1) is 5.92 Å². The Morgan fingerprint density at radius 3 is 1.83 bits per heavy atom. The van der Waals surface area contributed by atoms with E-state index < -0.39 is 0 Å². The topological polar surface area (TPSA) is 34.1 Å². The first kappa shape index (κ1) is 24.8. The van der Waals surface area contributed by atoms with Crippen LogP contribution in [0.1, 0.15) is 132 Å². The van der Waals surface area contributed by atoms with E-state index >= 15 is 0 Å². The Labute approximate surface area is 185 Å². The molecule has 0 bridgehead atoms. The minimum atomic E-state index is -0.383. The van der Waals surface area contributed by atoms with Crippen molar-refractivity contribution >= 4 is 11.6 Å². The molecule has 0 amide bonds. The fourth-order valence-corrected chi connectivity index (χ4v) is 4.75. The molecule has 1 atom stereocenters. The van der Waals surface area contributed by atoms with Gasteiger partial charge in [0.05, 0.1) is 5.92 Å². The molecule has 1 aliphatic rings. The lowest BCUT2D eigenvalue weighted by molar-refractivity contribution is -0.121. The fourth-order valence-electron chi connectivity index (χ4n) is 4.75. The zero-order valence-corrected chi connectivity index (χ0v) is 19.4.